The summed E-state index contributed by atoms with van der Waals surface area (Å²) in [6.45, 7) is 24.3. The van der Waals surface area contributed by atoms with Gasteiger partial charge < -0.3 is 17.0 Å². The second kappa shape index (κ2) is 5.56. The summed E-state index contributed by atoms with van der Waals surface area (Å²) in [6, 6.07) is 0. The van der Waals surface area contributed by atoms with Crippen LogP contribution >= 0.6 is 17.0 Å². The molecule has 1 saturated heterocycles. The van der Waals surface area contributed by atoms with Crippen molar-refractivity contribution >= 4 is 65.0 Å². The van der Waals surface area contributed by atoms with Crippen molar-refractivity contribution in [2.24, 2.45) is 0 Å². The molecule has 0 unspecified atom stereocenters. The zero-order valence-corrected chi connectivity index (χ0v) is 20.9. The van der Waals surface area contributed by atoms with Crippen LogP contribution in [0.1, 0.15) is 0 Å². The van der Waals surface area contributed by atoms with Gasteiger partial charge in [-0.15, -0.1) is 0 Å². The standard InChI is InChI=1S/C10H27Si3.CH3.2Al.2S/c1-11(2,3)10(12(4,5)6)13(7,8)9;;;;;/h1-9H3;1H3;;;;. The van der Waals surface area contributed by atoms with Crippen LogP contribution in [0.25, 0.3) is 0 Å². The molecule has 0 spiro atoms. The van der Waals surface area contributed by atoms with Gasteiger partial charge in [0.2, 0.25) is 0 Å². The first kappa shape index (κ1) is 18.5. The summed E-state index contributed by atoms with van der Waals surface area (Å²) in [5, 5.41) is 0. The van der Waals surface area contributed by atoms with E-state index in [1.165, 1.54) is 0 Å². The lowest BCUT2D eigenvalue weighted by molar-refractivity contribution is 1.24. The van der Waals surface area contributed by atoms with Gasteiger partial charge in [-0.2, -0.15) is 0 Å². The van der Waals surface area contributed by atoms with Crippen molar-refractivity contribution in [1.82, 2.24) is 0 Å². The van der Waals surface area contributed by atoms with Crippen molar-refractivity contribution in [2.45, 2.75) is 67.9 Å². The van der Waals surface area contributed by atoms with Gasteiger partial charge in [0.25, 0.3) is 0 Å². The van der Waals surface area contributed by atoms with E-state index >= 15 is 0 Å². The SMILES string of the molecule is [CH3][Al]1[S][Al]([C]([Si](C)(C)C)([Si](C)(C)C)[Si](C)(C)C)[S]1. The first-order chi connectivity index (χ1) is 7.75. The van der Waals surface area contributed by atoms with Crippen molar-refractivity contribution < 1.29 is 0 Å². The molecule has 7 heteroatoms. The number of hydrogen-bond acceptors (Lipinski definition) is 2. The molecule has 1 heterocycles. The Morgan fingerprint density at radius 2 is 0.944 bits per heavy atom. The Morgan fingerprint density at radius 3 is 1.11 bits per heavy atom. The van der Waals surface area contributed by atoms with Crippen LogP contribution in [-0.2, 0) is 0 Å². The first-order valence-corrected chi connectivity index (χ1v) is 26.8. The lowest BCUT2D eigenvalue weighted by Crippen LogP contribution is -2.72. The van der Waals surface area contributed by atoms with Crippen molar-refractivity contribution in [3.8, 4) is 0 Å². The molecule has 1 aliphatic heterocycles. The Morgan fingerprint density at radius 1 is 0.667 bits per heavy atom. The van der Waals surface area contributed by atoms with E-state index in [-0.39, 0.29) is 11.9 Å². The van der Waals surface area contributed by atoms with Crippen LogP contribution in [0.15, 0.2) is 0 Å². The topological polar surface area (TPSA) is 0 Å². The molecule has 1 rings (SSSR count). The fraction of sp³-hybridized carbons (Fsp3) is 1.00. The quantitative estimate of drug-likeness (QED) is 0.609. The molecular formula is C11H30Al2S2Si3. The van der Waals surface area contributed by atoms with Gasteiger partial charge in [-0.3, -0.25) is 0 Å². The fourth-order valence-corrected chi connectivity index (χ4v) is 97.2. The highest BCUT2D eigenvalue weighted by molar-refractivity contribution is 8.93. The van der Waals surface area contributed by atoms with E-state index < -0.39 is 36.1 Å². The third-order valence-electron chi connectivity index (χ3n) is 4.53. The highest BCUT2D eigenvalue weighted by atomic mass is 32.8. The highest BCUT2D eigenvalue weighted by Crippen LogP contribution is 2.64. The van der Waals surface area contributed by atoms with Crippen LogP contribution in [0.3, 0.4) is 0 Å². The monoisotopic (exact) mass is 364 g/mol. The lowest BCUT2D eigenvalue weighted by Gasteiger charge is -2.64. The summed E-state index contributed by atoms with van der Waals surface area (Å²) in [5.74, 6) is 2.56. The normalized spacial score (nSPS) is 19.0. The summed E-state index contributed by atoms with van der Waals surface area (Å²) in [4.78, 5) is 0. The summed E-state index contributed by atoms with van der Waals surface area (Å²) in [5.41, 5.74) is 0. The second-order valence-electron chi connectivity index (χ2n) is 8.73. The molecule has 0 N–H and O–H groups in total. The average Bonchev–Trinajstić information content (AvgIpc) is 1.92. The molecule has 0 bridgehead atoms. The molecule has 0 aromatic carbocycles. The van der Waals surface area contributed by atoms with Crippen LogP contribution in [0, 0.1) is 0 Å². The van der Waals surface area contributed by atoms with Crippen LogP contribution in [0.2, 0.25) is 67.9 Å². The maximum atomic E-state index is 2.70. The van der Waals surface area contributed by atoms with E-state index in [2.05, 4.69) is 81.7 Å². The molecule has 0 aromatic heterocycles. The predicted octanol–water partition coefficient (Wildman–Crippen LogP) is 5.45. The largest absolute Gasteiger partial charge is 0.388 e. The molecule has 0 aromatic rings. The molecule has 0 atom stereocenters. The van der Waals surface area contributed by atoms with Crippen molar-refractivity contribution in [3.05, 3.63) is 0 Å². The molecule has 0 nitrogen and oxygen atoms in total. The maximum Gasteiger partial charge on any atom is 0.388 e. The van der Waals surface area contributed by atoms with Gasteiger partial charge in [0.15, 0.2) is 0 Å². The van der Waals surface area contributed by atoms with Crippen molar-refractivity contribution in [1.29, 1.82) is 0 Å². The van der Waals surface area contributed by atoms with Crippen LogP contribution in [-0.4, -0.2) is 48.0 Å². The van der Waals surface area contributed by atoms with E-state index in [0.29, 0.717) is 0 Å². The fourth-order valence-electron chi connectivity index (χ4n) is 5.00. The van der Waals surface area contributed by atoms with Gasteiger partial charge in [0.1, 0.15) is 0 Å². The maximum absolute atomic E-state index is 2.70. The van der Waals surface area contributed by atoms with E-state index in [1.807, 2.05) is 0 Å². The Hall–Kier alpha value is 2.42. The Labute approximate surface area is 131 Å². The summed E-state index contributed by atoms with van der Waals surface area (Å²) in [7, 11) is 1.81. The summed E-state index contributed by atoms with van der Waals surface area (Å²) in [6.07, 6.45) is 0. The van der Waals surface area contributed by atoms with Crippen molar-refractivity contribution in [3.63, 3.8) is 0 Å². The highest BCUT2D eigenvalue weighted by Gasteiger charge is 2.68. The van der Waals surface area contributed by atoms with Crippen LogP contribution < -0.4 is 0 Å². The van der Waals surface area contributed by atoms with E-state index in [9.17, 15) is 0 Å². The third-order valence-corrected chi connectivity index (χ3v) is 70.5. The minimum atomic E-state index is -1.10. The number of hydrogen-bond donors (Lipinski definition) is 0. The van der Waals surface area contributed by atoms with E-state index in [0.717, 1.165) is 3.15 Å². The Bertz CT molecular complexity index is 276. The van der Waals surface area contributed by atoms with Crippen molar-refractivity contribution in [2.75, 3.05) is 0 Å². The minimum Gasteiger partial charge on any atom is -0.325 e. The zero-order chi connectivity index (χ0) is 14.6. The van der Waals surface area contributed by atoms with Gasteiger partial charge >= 0.3 is 23.8 Å². The predicted molar refractivity (Wildman–Crippen MR) is 105 cm³/mol. The Kier molecular flexibility index (Phi) is 5.70. The minimum absolute atomic E-state index is 0.381. The van der Waals surface area contributed by atoms with Gasteiger partial charge in [-0.05, 0) is 0 Å². The third kappa shape index (κ3) is 2.96. The molecule has 1 fully saturated rings. The molecule has 0 amide bonds. The molecule has 0 aliphatic carbocycles. The van der Waals surface area contributed by atoms with Crippen LogP contribution in [0.4, 0.5) is 0 Å². The van der Waals surface area contributed by atoms with Gasteiger partial charge in [0, 0.05) is 24.2 Å². The molecule has 18 heavy (non-hydrogen) atoms. The molecule has 0 radical (unpaired) electrons. The smallest absolute Gasteiger partial charge is 0.325 e. The number of rotatable bonds is 4. The van der Waals surface area contributed by atoms with E-state index in [4.69, 9.17) is 0 Å². The van der Waals surface area contributed by atoms with Gasteiger partial charge in [-0.1, -0.05) is 67.9 Å². The first-order valence-electron chi connectivity index (χ1n) is 7.06. The Balaban J connectivity index is 3.39. The zero-order valence-electron chi connectivity index (χ0n) is 14.0. The second-order valence-corrected chi connectivity index (χ2v) is 46.4. The van der Waals surface area contributed by atoms with E-state index in [1.54, 1.807) is 0 Å². The molecule has 104 valence electrons. The average molecular weight is 365 g/mol. The van der Waals surface area contributed by atoms with Gasteiger partial charge in [-0.25, -0.2) is 0 Å². The lowest BCUT2D eigenvalue weighted by atomic mass is 11.6. The summed E-state index contributed by atoms with van der Waals surface area (Å²) >= 11 is -0.985. The summed E-state index contributed by atoms with van der Waals surface area (Å²) < 4.78 is 0.905. The van der Waals surface area contributed by atoms with Crippen LogP contribution in [0.5, 0.6) is 0 Å². The molecular weight excluding hydrogens is 334 g/mol. The molecule has 1 aliphatic rings. The van der Waals surface area contributed by atoms with Gasteiger partial charge in [0.05, 0.1) is 0 Å². The molecule has 0 saturated carbocycles.